The second-order valence-corrected chi connectivity index (χ2v) is 8.74. The van der Waals surface area contributed by atoms with E-state index in [1.807, 2.05) is 25.1 Å². The first-order chi connectivity index (χ1) is 13.3. The molecular formula is C20H19FN2O4S. The van der Waals surface area contributed by atoms with E-state index in [0.29, 0.717) is 5.58 Å². The van der Waals surface area contributed by atoms with Crippen molar-refractivity contribution in [2.75, 3.05) is 26.2 Å². The van der Waals surface area contributed by atoms with E-state index in [4.69, 9.17) is 4.42 Å². The van der Waals surface area contributed by atoms with Gasteiger partial charge in [-0.15, -0.1) is 0 Å². The molecule has 0 atom stereocenters. The van der Waals surface area contributed by atoms with Gasteiger partial charge in [-0.3, -0.25) is 4.79 Å². The lowest BCUT2D eigenvalue weighted by Crippen LogP contribution is -2.50. The number of halogens is 1. The zero-order valence-corrected chi connectivity index (χ0v) is 16.1. The van der Waals surface area contributed by atoms with E-state index < -0.39 is 15.8 Å². The Morgan fingerprint density at radius 1 is 1.04 bits per heavy atom. The molecule has 1 amide bonds. The maximum absolute atomic E-state index is 13.4. The standard InChI is InChI=1S/C20H19FN2O4S/c1-14-5-6-18-15(11-14)12-19(27-18)20(24)22-7-9-23(10-8-22)28(25,26)17-4-2-3-16(21)13-17/h2-6,11-13H,7-10H2,1H3. The molecule has 0 unspecified atom stereocenters. The van der Waals surface area contributed by atoms with E-state index in [0.717, 1.165) is 17.0 Å². The lowest BCUT2D eigenvalue weighted by Gasteiger charge is -2.33. The molecule has 2 heterocycles. The maximum atomic E-state index is 13.4. The van der Waals surface area contributed by atoms with Crippen molar-refractivity contribution >= 4 is 26.9 Å². The van der Waals surface area contributed by atoms with Gasteiger partial charge in [0.25, 0.3) is 5.91 Å². The SMILES string of the molecule is Cc1ccc2oc(C(=O)N3CCN(S(=O)(=O)c4cccc(F)c4)CC3)cc2c1. The molecule has 1 aliphatic rings. The molecule has 6 nitrogen and oxygen atoms in total. The van der Waals surface area contributed by atoms with Gasteiger partial charge in [0.2, 0.25) is 10.0 Å². The van der Waals surface area contributed by atoms with Crippen molar-refractivity contribution in [3.63, 3.8) is 0 Å². The first-order valence-corrected chi connectivity index (χ1v) is 10.3. The first kappa shape index (κ1) is 18.6. The minimum atomic E-state index is -3.79. The summed E-state index contributed by atoms with van der Waals surface area (Å²) in [4.78, 5) is 14.2. The molecule has 2 aromatic carbocycles. The van der Waals surface area contributed by atoms with Crippen LogP contribution in [0, 0.1) is 12.7 Å². The summed E-state index contributed by atoms with van der Waals surface area (Å²) in [6, 6.07) is 12.3. The number of rotatable bonds is 3. The van der Waals surface area contributed by atoms with E-state index >= 15 is 0 Å². The maximum Gasteiger partial charge on any atom is 0.289 e. The van der Waals surface area contributed by atoms with Crippen LogP contribution in [0.15, 0.2) is 57.8 Å². The monoisotopic (exact) mass is 402 g/mol. The average Bonchev–Trinajstić information content (AvgIpc) is 3.10. The van der Waals surface area contributed by atoms with Crippen LogP contribution in [0.5, 0.6) is 0 Å². The number of sulfonamides is 1. The fraction of sp³-hybridized carbons (Fsp3) is 0.250. The van der Waals surface area contributed by atoms with Gasteiger partial charge in [-0.05, 0) is 43.3 Å². The lowest BCUT2D eigenvalue weighted by atomic mass is 10.2. The lowest BCUT2D eigenvalue weighted by molar-refractivity contribution is 0.0668. The number of carbonyl (C=O) groups excluding carboxylic acids is 1. The van der Waals surface area contributed by atoms with E-state index in [1.54, 1.807) is 11.0 Å². The van der Waals surface area contributed by atoms with Gasteiger partial charge < -0.3 is 9.32 Å². The molecule has 0 bridgehead atoms. The highest BCUT2D eigenvalue weighted by molar-refractivity contribution is 7.89. The number of piperazine rings is 1. The summed E-state index contributed by atoms with van der Waals surface area (Å²) < 4.78 is 45.7. The second-order valence-electron chi connectivity index (χ2n) is 6.81. The Morgan fingerprint density at radius 2 is 1.79 bits per heavy atom. The van der Waals surface area contributed by atoms with Crippen LogP contribution < -0.4 is 0 Å². The molecule has 1 aromatic heterocycles. The molecule has 28 heavy (non-hydrogen) atoms. The molecule has 1 fully saturated rings. The third kappa shape index (κ3) is 3.41. The first-order valence-electron chi connectivity index (χ1n) is 8.90. The summed E-state index contributed by atoms with van der Waals surface area (Å²) >= 11 is 0. The van der Waals surface area contributed by atoms with Crippen molar-refractivity contribution in [1.82, 2.24) is 9.21 Å². The number of hydrogen-bond donors (Lipinski definition) is 0. The number of aryl methyl sites for hydroxylation is 1. The van der Waals surface area contributed by atoms with Crippen LogP contribution in [-0.2, 0) is 10.0 Å². The van der Waals surface area contributed by atoms with Crippen LogP contribution in [0.1, 0.15) is 16.1 Å². The summed E-state index contributed by atoms with van der Waals surface area (Å²) in [5, 5.41) is 0.857. The van der Waals surface area contributed by atoms with Gasteiger partial charge in [0.1, 0.15) is 11.4 Å². The fourth-order valence-electron chi connectivity index (χ4n) is 3.33. The molecule has 146 valence electrons. The molecule has 1 saturated heterocycles. The van der Waals surface area contributed by atoms with Crippen LogP contribution in [0.3, 0.4) is 0 Å². The van der Waals surface area contributed by atoms with Gasteiger partial charge in [-0.2, -0.15) is 4.31 Å². The number of furan rings is 1. The van der Waals surface area contributed by atoms with Crippen molar-refractivity contribution in [3.05, 3.63) is 65.7 Å². The molecule has 3 aromatic rings. The highest BCUT2D eigenvalue weighted by atomic mass is 32.2. The molecular weight excluding hydrogens is 383 g/mol. The minimum absolute atomic E-state index is 0.0834. The van der Waals surface area contributed by atoms with Crippen LogP contribution in [0.2, 0.25) is 0 Å². The Bertz CT molecular complexity index is 1150. The summed E-state index contributed by atoms with van der Waals surface area (Å²) in [6.45, 7) is 2.73. The molecule has 8 heteroatoms. The molecule has 1 aliphatic heterocycles. The largest absolute Gasteiger partial charge is 0.451 e. The second kappa shape index (κ2) is 7.03. The van der Waals surface area contributed by atoms with Crippen LogP contribution in [0.25, 0.3) is 11.0 Å². The number of benzene rings is 2. The number of nitrogens with zero attached hydrogens (tertiary/aromatic N) is 2. The fourth-order valence-corrected chi connectivity index (χ4v) is 4.79. The van der Waals surface area contributed by atoms with Gasteiger partial charge in [-0.1, -0.05) is 17.7 Å². The highest BCUT2D eigenvalue weighted by Crippen LogP contribution is 2.23. The van der Waals surface area contributed by atoms with Gasteiger partial charge in [0.05, 0.1) is 4.90 Å². The number of fused-ring (bicyclic) bond motifs is 1. The van der Waals surface area contributed by atoms with E-state index in [1.165, 1.54) is 22.5 Å². The normalized spacial score (nSPS) is 15.9. The Kier molecular flexibility index (Phi) is 4.68. The Labute approximate surface area is 162 Å². The highest BCUT2D eigenvalue weighted by Gasteiger charge is 2.31. The molecule has 0 N–H and O–H groups in total. The Balaban J connectivity index is 1.48. The number of amides is 1. The van der Waals surface area contributed by atoms with Gasteiger partial charge in [0.15, 0.2) is 5.76 Å². The average molecular weight is 402 g/mol. The Morgan fingerprint density at radius 3 is 2.50 bits per heavy atom. The molecule has 0 radical (unpaired) electrons. The van der Waals surface area contributed by atoms with Gasteiger partial charge >= 0.3 is 0 Å². The summed E-state index contributed by atoms with van der Waals surface area (Å²) in [6.07, 6.45) is 0. The third-order valence-corrected chi connectivity index (χ3v) is 6.74. The van der Waals surface area contributed by atoms with Crippen molar-refractivity contribution < 1.29 is 22.0 Å². The smallest absolute Gasteiger partial charge is 0.289 e. The molecule has 4 rings (SSSR count). The van der Waals surface area contributed by atoms with Gasteiger partial charge in [0, 0.05) is 31.6 Å². The van der Waals surface area contributed by atoms with E-state index in [2.05, 4.69) is 0 Å². The molecule has 0 spiro atoms. The van der Waals surface area contributed by atoms with Crippen LogP contribution >= 0.6 is 0 Å². The van der Waals surface area contributed by atoms with Crippen LogP contribution in [0.4, 0.5) is 4.39 Å². The topological polar surface area (TPSA) is 70.8 Å². The minimum Gasteiger partial charge on any atom is -0.451 e. The summed E-state index contributed by atoms with van der Waals surface area (Å²) in [5.41, 5.74) is 1.71. The summed E-state index contributed by atoms with van der Waals surface area (Å²) in [7, 11) is -3.79. The molecule has 0 aliphatic carbocycles. The van der Waals surface area contributed by atoms with Crippen molar-refractivity contribution in [2.45, 2.75) is 11.8 Å². The summed E-state index contributed by atoms with van der Waals surface area (Å²) in [5.74, 6) is -0.631. The van der Waals surface area contributed by atoms with Crippen molar-refractivity contribution in [3.8, 4) is 0 Å². The van der Waals surface area contributed by atoms with E-state index in [9.17, 15) is 17.6 Å². The van der Waals surface area contributed by atoms with Gasteiger partial charge in [-0.25, -0.2) is 12.8 Å². The van der Waals surface area contributed by atoms with Crippen LogP contribution in [-0.4, -0.2) is 49.7 Å². The number of hydrogen-bond acceptors (Lipinski definition) is 4. The Hall–Kier alpha value is -2.71. The zero-order valence-electron chi connectivity index (χ0n) is 15.3. The number of carbonyl (C=O) groups is 1. The quantitative estimate of drug-likeness (QED) is 0.675. The van der Waals surface area contributed by atoms with Crippen molar-refractivity contribution in [1.29, 1.82) is 0 Å². The van der Waals surface area contributed by atoms with Crippen molar-refractivity contribution in [2.24, 2.45) is 0 Å². The van der Waals surface area contributed by atoms with E-state index in [-0.39, 0.29) is 42.7 Å². The third-order valence-electron chi connectivity index (χ3n) is 4.84. The predicted molar refractivity (Wildman–Crippen MR) is 102 cm³/mol. The predicted octanol–water partition coefficient (Wildman–Crippen LogP) is 3.03. The zero-order chi connectivity index (χ0) is 19.9. The molecule has 0 saturated carbocycles.